The van der Waals surface area contributed by atoms with Crippen molar-refractivity contribution in [2.24, 2.45) is 0 Å². The summed E-state index contributed by atoms with van der Waals surface area (Å²) in [6, 6.07) is 8.01. The minimum Gasteiger partial charge on any atom is -0.371 e. The van der Waals surface area contributed by atoms with E-state index in [1.54, 1.807) is 11.3 Å². The lowest BCUT2D eigenvalue weighted by atomic mass is 10.2. The van der Waals surface area contributed by atoms with Crippen molar-refractivity contribution in [2.75, 3.05) is 11.9 Å². The summed E-state index contributed by atoms with van der Waals surface area (Å²) >= 11 is 3.03. The van der Waals surface area contributed by atoms with Crippen molar-refractivity contribution in [2.45, 2.75) is 31.8 Å². The highest BCUT2D eigenvalue weighted by molar-refractivity contribution is 7.18. The molecule has 24 heavy (non-hydrogen) atoms. The number of carbonyl (C=O) groups excluding carboxylic acids is 1. The summed E-state index contributed by atoms with van der Waals surface area (Å²) in [6.07, 6.45) is 3.07. The van der Waals surface area contributed by atoms with Crippen molar-refractivity contribution >= 4 is 43.9 Å². The van der Waals surface area contributed by atoms with Crippen LogP contribution in [0.2, 0.25) is 0 Å². The lowest BCUT2D eigenvalue weighted by Crippen LogP contribution is -2.12. The molecule has 1 aliphatic rings. The zero-order valence-corrected chi connectivity index (χ0v) is 14.5. The Morgan fingerprint density at radius 1 is 1.29 bits per heavy atom. The molecule has 1 aromatic carbocycles. The maximum absolute atomic E-state index is 12.1. The fourth-order valence-electron chi connectivity index (χ4n) is 2.62. The lowest BCUT2D eigenvalue weighted by Gasteiger charge is -2.02. The predicted molar refractivity (Wildman–Crippen MR) is 94.4 cm³/mol. The van der Waals surface area contributed by atoms with E-state index in [2.05, 4.69) is 20.5 Å². The molecule has 0 unspecified atom stereocenters. The van der Waals surface area contributed by atoms with E-state index < -0.39 is 0 Å². The van der Waals surface area contributed by atoms with Crippen LogP contribution >= 0.6 is 22.7 Å². The number of benzene rings is 1. The van der Waals surface area contributed by atoms with Gasteiger partial charge in [0.15, 0.2) is 0 Å². The van der Waals surface area contributed by atoms with Gasteiger partial charge in [-0.3, -0.25) is 4.79 Å². The fourth-order valence-corrected chi connectivity index (χ4v) is 4.43. The number of aryl methyl sites for hydroxylation is 1. The van der Waals surface area contributed by atoms with Crippen LogP contribution in [0.25, 0.3) is 10.2 Å². The fraction of sp³-hybridized carbons (Fsp3) is 0.375. The van der Waals surface area contributed by atoms with Gasteiger partial charge in [-0.25, -0.2) is 4.98 Å². The SMILES string of the molecule is O=C(CCc1nc2ccccc2s1)Nc1nnc([C@H]2CCCO2)s1. The average molecular weight is 360 g/mol. The van der Waals surface area contributed by atoms with Gasteiger partial charge in [0.1, 0.15) is 11.1 Å². The Bertz CT molecular complexity index is 822. The Morgan fingerprint density at radius 3 is 3.04 bits per heavy atom. The van der Waals surface area contributed by atoms with Gasteiger partial charge in [-0.15, -0.1) is 21.5 Å². The maximum atomic E-state index is 12.1. The Balaban J connectivity index is 1.33. The average Bonchev–Trinajstić information content (AvgIpc) is 3.32. The van der Waals surface area contributed by atoms with Gasteiger partial charge in [0, 0.05) is 19.4 Å². The number of hydrogen-bond acceptors (Lipinski definition) is 7. The molecule has 0 spiro atoms. The molecule has 0 aliphatic carbocycles. The standard InChI is InChI=1S/C16H16N4O2S2/c21-13(7-8-14-17-10-4-1-2-6-12(10)23-14)18-16-20-19-15(24-16)11-5-3-9-22-11/h1-2,4,6,11H,3,5,7-9H2,(H,18,20,21)/t11-/m1/s1. The van der Waals surface area contributed by atoms with E-state index in [9.17, 15) is 4.79 Å². The number of ether oxygens (including phenoxy) is 1. The Kier molecular flexibility index (Phi) is 4.50. The lowest BCUT2D eigenvalue weighted by molar-refractivity contribution is -0.116. The predicted octanol–water partition coefficient (Wildman–Crippen LogP) is 3.57. The third kappa shape index (κ3) is 3.45. The van der Waals surface area contributed by atoms with Gasteiger partial charge in [0.2, 0.25) is 11.0 Å². The van der Waals surface area contributed by atoms with Crippen LogP contribution in [0, 0.1) is 0 Å². The minimum atomic E-state index is -0.0655. The summed E-state index contributed by atoms with van der Waals surface area (Å²) in [5, 5.41) is 13.3. The molecule has 1 saturated heterocycles. The summed E-state index contributed by atoms with van der Waals surface area (Å²) in [5.41, 5.74) is 0.989. The molecule has 6 nitrogen and oxygen atoms in total. The molecule has 8 heteroatoms. The number of aromatic nitrogens is 3. The first-order valence-corrected chi connectivity index (χ1v) is 9.50. The van der Waals surface area contributed by atoms with Crippen LogP contribution in [0.1, 0.15) is 35.4 Å². The first-order chi connectivity index (χ1) is 11.8. The summed E-state index contributed by atoms with van der Waals surface area (Å²) in [5.74, 6) is -0.0655. The number of amides is 1. The quantitative estimate of drug-likeness (QED) is 0.753. The number of thiazole rings is 1. The van der Waals surface area contributed by atoms with Crippen LogP contribution in [0.3, 0.4) is 0 Å². The third-order valence-electron chi connectivity index (χ3n) is 3.80. The highest BCUT2D eigenvalue weighted by Crippen LogP contribution is 2.32. The molecular weight excluding hydrogens is 344 g/mol. The molecule has 1 amide bonds. The molecule has 124 valence electrons. The largest absolute Gasteiger partial charge is 0.371 e. The van der Waals surface area contributed by atoms with Gasteiger partial charge in [-0.1, -0.05) is 23.5 Å². The van der Waals surface area contributed by atoms with Crippen molar-refractivity contribution in [3.63, 3.8) is 0 Å². The van der Waals surface area contributed by atoms with E-state index in [-0.39, 0.29) is 12.0 Å². The van der Waals surface area contributed by atoms with Gasteiger partial charge in [-0.05, 0) is 25.0 Å². The zero-order chi connectivity index (χ0) is 16.4. The molecule has 1 atom stereocenters. The second-order valence-electron chi connectivity index (χ2n) is 5.57. The first-order valence-electron chi connectivity index (χ1n) is 7.87. The van der Waals surface area contributed by atoms with Crippen LogP contribution in [0.15, 0.2) is 24.3 Å². The Hall–Kier alpha value is -1.90. The molecule has 3 heterocycles. The molecular formula is C16H16N4O2S2. The molecule has 0 radical (unpaired) electrons. The number of para-hydroxylation sites is 1. The monoisotopic (exact) mass is 360 g/mol. The van der Waals surface area contributed by atoms with Crippen molar-refractivity contribution in [3.05, 3.63) is 34.3 Å². The van der Waals surface area contributed by atoms with Crippen LogP contribution in [0.5, 0.6) is 0 Å². The van der Waals surface area contributed by atoms with Crippen molar-refractivity contribution < 1.29 is 9.53 Å². The van der Waals surface area contributed by atoms with Crippen molar-refractivity contribution in [1.29, 1.82) is 0 Å². The van der Waals surface area contributed by atoms with E-state index >= 15 is 0 Å². The van der Waals surface area contributed by atoms with Crippen LogP contribution < -0.4 is 5.32 Å². The zero-order valence-electron chi connectivity index (χ0n) is 12.9. The van der Waals surface area contributed by atoms with E-state index in [4.69, 9.17) is 4.74 Å². The summed E-state index contributed by atoms with van der Waals surface area (Å²) in [7, 11) is 0. The van der Waals surface area contributed by atoms with Gasteiger partial charge in [0.25, 0.3) is 0 Å². The van der Waals surface area contributed by atoms with E-state index in [1.807, 2.05) is 24.3 Å². The topological polar surface area (TPSA) is 77.0 Å². The van der Waals surface area contributed by atoms with Crippen LogP contribution in [0.4, 0.5) is 5.13 Å². The normalized spacial score (nSPS) is 17.4. The molecule has 3 aromatic rings. The van der Waals surface area contributed by atoms with Crippen molar-refractivity contribution in [3.8, 4) is 0 Å². The number of fused-ring (bicyclic) bond motifs is 1. The number of nitrogens with one attached hydrogen (secondary N) is 1. The van der Waals surface area contributed by atoms with E-state index in [0.717, 1.165) is 39.7 Å². The Morgan fingerprint density at radius 2 is 2.21 bits per heavy atom. The van der Waals surface area contributed by atoms with Gasteiger partial charge in [0.05, 0.1) is 15.2 Å². The van der Waals surface area contributed by atoms with E-state index in [1.165, 1.54) is 11.3 Å². The molecule has 1 aliphatic heterocycles. The second kappa shape index (κ2) is 6.92. The minimum absolute atomic E-state index is 0.0379. The highest BCUT2D eigenvalue weighted by atomic mass is 32.1. The van der Waals surface area contributed by atoms with E-state index in [0.29, 0.717) is 18.0 Å². The van der Waals surface area contributed by atoms with Crippen LogP contribution in [-0.4, -0.2) is 27.7 Å². The summed E-state index contributed by atoms with van der Waals surface area (Å²) < 4.78 is 6.73. The van der Waals surface area contributed by atoms with Gasteiger partial charge >= 0.3 is 0 Å². The van der Waals surface area contributed by atoms with Gasteiger partial charge in [-0.2, -0.15) is 0 Å². The first kappa shape index (κ1) is 15.6. The second-order valence-corrected chi connectivity index (χ2v) is 7.69. The summed E-state index contributed by atoms with van der Waals surface area (Å²) in [4.78, 5) is 16.6. The van der Waals surface area contributed by atoms with Crippen LogP contribution in [-0.2, 0) is 16.0 Å². The molecule has 1 N–H and O–H groups in total. The Labute approximate surface area is 146 Å². The molecule has 0 bridgehead atoms. The number of rotatable bonds is 5. The molecule has 0 saturated carbocycles. The third-order valence-corrected chi connectivity index (χ3v) is 5.82. The van der Waals surface area contributed by atoms with Crippen molar-refractivity contribution in [1.82, 2.24) is 15.2 Å². The molecule has 4 rings (SSSR count). The smallest absolute Gasteiger partial charge is 0.226 e. The number of nitrogens with zero attached hydrogens (tertiary/aromatic N) is 3. The number of carbonyl (C=O) groups is 1. The van der Waals surface area contributed by atoms with Gasteiger partial charge < -0.3 is 10.1 Å². The molecule has 2 aromatic heterocycles. The highest BCUT2D eigenvalue weighted by Gasteiger charge is 2.22. The number of anilines is 1. The number of hydrogen-bond donors (Lipinski definition) is 1. The summed E-state index contributed by atoms with van der Waals surface area (Å²) in [6.45, 7) is 0.772. The maximum Gasteiger partial charge on any atom is 0.226 e. The molecule has 1 fully saturated rings.